The smallest absolute Gasteiger partial charge is 0.261 e. The van der Waals surface area contributed by atoms with Gasteiger partial charge in [0, 0.05) is 20.1 Å². The Morgan fingerprint density at radius 3 is 2.07 bits per heavy atom. The van der Waals surface area contributed by atoms with Crippen LogP contribution in [0.3, 0.4) is 0 Å². The number of sulfonamides is 2. The fraction of sp³-hybridized carbons (Fsp3) is 0.400. The Morgan fingerprint density at radius 1 is 0.867 bits per heavy atom. The maximum absolute atomic E-state index is 13.8. The predicted molar refractivity (Wildman–Crippen MR) is 115 cm³/mol. The van der Waals surface area contributed by atoms with Gasteiger partial charge in [-0.25, -0.2) is 25.5 Å². The molecule has 1 aliphatic rings. The average Bonchev–Trinajstić information content (AvgIpc) is 2.71. The van der Waals surface area contributed by atoms with Crippen LogP contribution in [0.1, 0.15) is 32.1 Å². The minimum Gasteiger partial charge on any atom is -0.381 e. The van der Waals surface area contributed by atoms with Crippen LogP contribution >= 0.6 is 0 Å². The molecule has 0 saturated heterocycles. The molecule has 0 spiro atoms. The molecular formula is C20H26FN3O4S2. The molecule has 3 rings (SSSR count). The lowest BCUT2D eigenvalue weighted by Gasteiger charge is -2.25. The number of benzene rings is 2. The van der Waals surface area contributed by atoms with Gasteiger partial charge in [-0.05, 0) is 55.3 Å². The molecule has 7 nitrogen and oxygen atoms in total. The molecule has 0 amide bonds. The van der Waals surface area contributed by atoms with Gasteiger partial charge in [-0.15, -0.1) is 0 Å². The van der Waals surface area contributed by atoms with Crippen molar-refractivity contribution in [2.24, 2.45) is 0 Å². The van der Waals surface area contributed by atoms with Crippen molar-refractivity contribution >= 4 is 31.4 Å². The molecular weight excluding hydrogens is 429 g/mol. The highest BCUT2D eigenvalue weighted by atomic mass is 32.2. The minimum atomic E-state index is -3.99. The molecule has 164 valence electrons. The summed E-state index contributed by atoms with van der Waals surface area (Å²) >= 11 is 0. The third kappa shape index (κ3) is 5.11. The van der Waals surface area contributed by atoms with E-state index in [1.807, 2.05) is 0 Å². The van der Waals surface area contributed by atoms with E-state index in [4.69, 9.17) is 0 Å². The van der Waals surface area contributed by atoms with Gasteiger partial charge in [-0.2, -0.15) is 0 Å². The molecule has 1 saturated carbocycles. The van der Waals surface area contributed by atoms with Crippen LogP contribution in [-0.4, -0.2) is 41.3 Å². The monoisotopic (exact) mass is 455 g/mol. The lowest BCUT2D eigenvalue weighted by Crippen LogP contribution is -2.24. The first-order valence-corrected chi connectivity index (χ1v) is 12.6. The number of nitrogens with zero attached hydrogens (tertiary/aromatic N) is 1. The predicted octanol–water partition coefficient (Wildman–Crippen LogP) is 3.62. The number of halogens is 1. The Kier molecular flexibility index (Phi) is 6.68. The van der Waals surface area contributed by atoms with Crippen molar-refractivity contribution in [2.45, 2.75) is 47.9 Å². The summed E-state index contributed by atoms with van der Waals surface area (Å²) < 4.78 is 67.3. The Bertz CT molecular complexity index is 1100. The summed E-state index contributed by atoms with van der Waals surface area (Å²) in [4.78, 5) is -0.0963. The maximum atomic E-state index is 13.8. The second-order valence-electron chi connectivity index (χ2n) is 7.53. The molecule has 2 aromatic rings. The molecule has 2 aromatic carbocycles. The summed E-state index contributed by atoms with van der Waals surface area (Å²) in [5.41, 5.74) is 0.629. The van der Waals surface area contributed by atoms with E-state index in [1.165, 1.54) is 63.0 Å². The summed E-state index contributed by atoms with van der Waals surface area (Å²) in [6, 6.07) is 8.97. The van der Waals surface area contributed by atoms with Gasteiger partial charge in [0.2, 0.25) is 10.0 Å². The second kappa shape index (κ2) is 8.91. The van der Waals surface area contributed by atoms with Gasteiger partial charge in [0.05, 0.1) is 21.2 Å². The van der Waals surface area contributed by atoms with E-state index in [-0.39, 0.29) is 21.5 Å². The second-order valence-corrected chi connectivity index (χ2v) is 11.4. The molecule has 30 heavy (non-hydrogen) atoms. The van der Waals surface area contributed by atoms with E-state index >= 15 is 0 Å². The lowest BCUT2D eigenvalue weighted by atomic mass is 9.95. The molecule has 0 atom stereocenters. The summed E-state index contributed by atoms with van der Waals surface area (Å²) in [5, 5.41) is 3.25. The molecule has 1 aliphatic carbocycles. The van der Waals surface area contributed by atoms with Gasteiger partial charge >= 0.3 is 0 Å². The first-order chi connectivity index (χ1) is 14.1. The fourth-order valence-corrected chi connectivity index (χ4v) is 5.38. The first kappa shape index (κ1) is 22.5. The van der Waals surface area contributed by atoms with E-state index in [9.17, 15) is 21.2 Å². The summed E-state index contributed by atoms with van der Waals surface area (Å²) in [6.45, 7) is 0. The van der Waals surface area contributed by atoms with Crippen LogP contribution in [0.15, 0.2) is 52.3 Å². The normalized spacial score (nSPS) is 15.9. The Balaban J connectivity index is 1.84. The molecule has 0 unspecified atom stereocenters. The highest BCUT2D eigenvalue weighted by Crippen LogP contribution is 2.29. The minimum absolute atomic E-state index is 0.00659. The molecule has 0 aromatic heterocycles. The van der Waals surface area contributed by atoms with E-state index in [0.29, 0.717) is 5.69 Å². The lowest BCUT2D eigenvalue weighted by molar-refractivity contribution is 0.462. The number of rotatable bonds is 7. The number of hydrogen-bond donors (Lipinski definition) is 2. The van der Waals surface area contributed by atoms with Gasteiger partial charge < -0.3 is 5.32 Å². The van der Waals surface area contributed by atoms with Gasteiger partial charge in [-0.1, -0.05) is 19.3 Å². The molecule has 0 heterocycles. The van der Waals surface area contributed by atoms with Gasteiger partial charge in [0.15, 0.2) is 0 Å². The van der Waals surface area contributed by atoms with E-state index < -0.39 is 25.9 Å². The first-order valence-electron chi connectivity index (χ1n) is 9.71. The van der Waals surface area contributed by atoms with E-state index in [1.54, 1.807) is 0 Å². The average molecular weight is 456 g/mol. The Hall–Kier alpha value is -2.17. The SMILES string of the molecule is CN(C)S(=O)(=O)c1ccc(S(=O)(=O)Nc2ccc(F)cc2NC2CCCCC2)cc1. The standard InChI is InChI=1S/C20H26FN3O4S2/c1-24(2)30(27,28)18-11-9-17(10-12-18)29(25,26)23-19-13-8-15(21)14-20(19)22-16-6-4-3-5-7-16/h8-14,16,22-23H,3-7H2,1-2H3. The summed E-state index contributed by atoms with van der Waals surface area (Å²) in [6.07, 6.45) is 5.22. The third-order valence-electron chi connectivity index (χ3n) is 5.10. The molecule has 1 fully saturated rings. The van der Waals surface area contributed by atoms with E-state index in [0.717, 1.165) is 30.0 Å². The van der Waals surface area contributed by atoms with Crippen molar-refractivity contribution in [3.8, 4) is 0 Å². The van der Waals surface area contributed by atoms with Crippen LogP contribution < -0.4 is 10.0 Å². The fourth-order valence-electron chi connectivity index (χ4n) is 3.40. The van der Waals surface area contributed by atoms with Crippen molar-refractivity contribution in [3.63, 3.8) is 0 Å². The zero-order valence-corrected chi connectivity index (χ0v) is 18.6. The molecule has 0 bridgehead atoms. The van der Waals surface area contributed by atoms with Crippen molar-refractivity contribution in [1.29, 1.82) is 0 Å². The maximum Gasteiger partial charge on any atom is 0.261 e. The highest BCUT2D eigenvalue weighted by molar-refractivity contribution is 7.92. The number of hydrogen-bond acceptors (Lipinski definition) is 5. The number of nitrogens with one attached hydrogen (secondary N) is 2. The quantitative estimate of drug-likeness (QED) is 0.665. The van der Waals surface area contributed by atoms with Crippen molar-refractivity contribution in [2.75, 3.05) is 24.1 Å². The Morgan fingerprint density at radius 2 is 1.47 bits per heavy atom. The van der Waals surface area contributed by atoms with Gasteiger partial charge in [0.25, 0.3) is 10.0 Å². The van der Waals surface area contributed by atoms with Crippen LogP contribution in [0, 0.1) is 5.82 Å². The van der Waals surface area contributed by atoms with Gasteiger partial charge in [-0.3, -0.25) is 4.72 Å². The van der Waals surface area contributed by atoms with Crippen molar-refractivity contribution in [1.82, 2.24) is 4.31 Å². The topological polar surface area (TPSA) is 95.6 Å². The Labute approximate surface area is 177 Å². The van der Waals surface area contributed by atoms with Crippen molar-refractivity contribution in [3.05, 3.63) is 48.3 Å². The zero-order valence-electron chi connectivity index (χ0n) is 16.9. The third-order valence-corrected chi connectivity index (χ3v) is 8.31. The van der Waals surface area contributed by atoms with Crippen molar-refractivity contribution < 1.29 is 21.2 Å². The van der Waals surface area contributed by atoms with E-state index in [2.05, 4.69) is 10.0 Å². The zero-order chi connectivity index (χ0) is 21.9. The molecule has 0 radical (unpaired) electrons. The highest BCUT2D eigenvalue weighted by Gasteiger charge is 2.21. The number of anilines is 2. The van der Waals surface area contributed by atoms with Gasteiger partial charge in [0.1, 0.15) is 5.82 Å². The summed E-state index contributed by atoms with van der Waals surface area (Å²) in [5.74, 6) is -0.463. The van der Waals surface area contributed by atoms with Crippen LogP contribution in [-0.2, 0) is 20.0 Å². The largest absolute Gasteiger partial charge is 0.381 e. The molecule has 0 aliphatic heterocycles. The molecule has 10 heteroatoms. The van der Waals surface area contributed by atoms with Crippen LogP contribution in [0.25, 0.3) is 0 Å². The summed E-state index contributed by atoms with van der Waals surface area (Å²) in [7, 11) is -4.85. The van der Waals surface area contributed by atoms with Crippen LogP contribution in [0.2, 0.25) is 0 Å². The molecule has 2 N–H and O–H groups in total. The van der Waals surface area contributed by atoms with Crippen LogP contribution in [0.4, 0.5) is 15.8 Å². The van der Waals surface area contributed by atoms with Crippen LogP contribution in [0.5, 0.6) is 0 Å².